The van der Waals surface area contributed by atoms with E-state index in [0.717, 1.165) is 32.1 Å². The molecule has 0 bridgehead atoms. The normalized spacial score (nSPS) is 24.3. The molecular formula is C19H24Cl3NO3. The summed E-state index contributed by atoms with van der Waals surface area (Å²) >= 11 is 16.7. The summed E-state index contributed by atoms with van der Waals surface area (Å²) < 4.78 is 3.25. The molecule has 1 spiro atoms. The van der Waals surface area contributed by atoms with Crippen molar-refractivity contribution in [3.8, 4) is 0 Å². The molecule has 1 saturated carbocycles. The molecule has 7 heteroatoms. The first-order valence-electron chi connectivity index (χ1n) is 9.04. The molecule has 0 heterocycles. The Labute approximate surface area is 169 Å². The van der Waals surface area contributed by atoms with Crippen LogP contribution in [0.15, 0.2) is 24.3 Å². The number of fused-ring (bicyclic) bond motifs is 2. The molecule has 144 valence electrons. The first-order chi connectivity index (χ1) is 12.3. The molecule has 4 nitrogen and oxygen atoms in total. The van der Waals surface area contributed by atoms with Crippen LogP contribution in [-0.4, -0.2) is 33.7 Å². The van der Waals surface area contributed by atoms with Crippen LogP contribution < -0.4 is 5.32 Å². The summed E-state index contributed by atoms with van der Waals surface area (Å²) in [5.74, 6) is 0. The van der Waals surface area contributed by atoms with Crippen LogP contribution in [0.3, 0.4) is 0 Å². The number of carbonyl (C=O) groups excluding carboxylic acids is 1. The van der Waals surface area contributed by atoms with Crippen LogP contribution in [0.25, 0.3) is 0 Å². The van der Waals surface area contributed by atoms with Gasteiger partial charge in [-0.15, -0.1) is 0 Å². The molecule has 26 heavy (non-hydrogen) atoms. The number of ether oxygens (including phenoxy) is 1. The van der Waals surface area contributed by atoms with Gasteiger partial charge in [0.05, 0.1) is 5.60 Å². The number of halogens is 3. The van der Waals surface area contributed by atoms with Crippen LogP contribution in [0, 0.1) is 0 Å². The number of hydrogen-bond donors (Lipinski definition) is 2. The third-order valence-electron chi connectivity index (χ3n) is 5.86. The molecule has 2 N–H and O–H groups in total. The van der Waals surface area contributed by atoms with Gasteiger partial charge in [-0.1, -0.05) is 71.9 Å². The predicted molar refractivity (Wildman–Crippen MR) is 104 cm³/mol. The highest BCUT2D eigenvalue weighted by molar-refractivity contribution is 6.67. The SMILES string of the molecule is O=C(NCCC1(O)CCc2ccccc2C12CCCC2)OCC(Cl)(Cl)Cl. The number of amides is 1. The van der Waals surface area contributed by atoms with Gasteiger partial charge >= 0.3 is 6.09 Å². The largest absolute Gasteiger partial charge is 0.445 e. The standard InChI is InChI=1S/C19H24Cl3NO3/c20-19(21,22)13-26-16(24)23-12-11-18(25)10-7-14-5-1-2-6-15(14)17(18)8-3-4-9-17/h1-2,5-6,25H,3-4,7-13H2,(H,23,24). The lowest BCUT2D eigenvalue weighted by molar-refractivity contribution is -0.0591. The second-order valence-corrected chi connectivity index (χ2v) is 9.86. The fourth-order valence-corrected chi connectivity index (χ4v) is 4.85. The number of nitrogens with one attached hydrogen (secondary N) is 1. The molecule has 1 unspecified atom stereocenters. The molecule has 1 aromatic carbocycles. The first kappa shape index (κ1) is 20.1. The maximum Gasteiger partial charge on any atom is 0.407 e. The maximum absolute atomic E-state index is 11.8. The van der Waals surface area contributed by atoms with Crippen LogP contribution in [0.5, 0.6) is 0 Å². The molecular weight excluding hydrogens is 397 g/mol. The quantitative estimate of drug-likeness (QED) is 0.696. The van der Waals surface area contributed by atoms with E-state index in [1.54, 1.807) is 0 Å². The summed E-state index contributed by atoms with van der Waals surface area (Å²) in [5, 5.41) is 14.2. The Hall–Kier alpha value is -0.680. The number of hydrogen-bond acceptors (Lipinski definition) is 3. The number of alkyl carbamates (subject to hydrolysis) is 1. The number of benzene rings is 1. The van der Waals surface area contributed by atoms with E-state index in [2.05, 4.69) is 29.6 Å². The van der Waals surface area contributed by atoms with Crippen molar-refractivity contribution in [3.05, 3.63) is 35.4 Å². The highest BCUT2D eigenvalue weighted by Crippen LogP contribution is 2.55. The Morgan fingerprint density at radius 1 is 1.19 bits per heavy atom. The third kappa shape index (κ3) is 4.09. The van der Waals surface area contributed by atoms with Crippen LogP contribution in [0.2, 0.25) is 0 Å². The van der Waals surface area contributed by atoms with Gasteiger partial charge in [0.15, 0.2) is 0 Å². The van der Waals surface area contributed by atoms with Crippen molar-refractivity contribution in [3.63, 3.8) is 0 Å². The summed E-state index contributed by atoms with van der Waals surface area (Å²) in [6.07, 6.45) is 5.60. The molecule has 1 atom stereocenters. The van der Waals surface area contributed by atoms with Gasteiger partial charge in [0, 0.05) is 12.0 Å². The van der Waals surface area contributed by atoms with Gasteiger partial charge in [-0.25, -0.2) is 4.79 Å². The fraction of sp³-hybridized carbons (Fsp3) is 0.632. The van der Waals surface area contributed by atoms with Crippen LogP contribution >= 0.6 is 34.8 Å². The fourth-order valence-electron chi connectivity index (χ4n) is 4.68. The predicted octanol–water partition coefficient (Wildman–Crippen LogP) is 4.66. The van der Waals surface area contributed by atoms with Crippen molar-refractivity contribution < 1.29 is 14.6 Å². The van der Waals surface area contributed by atoms with E-state index in [9.17, 15) is 9.90 Å². The van der Waals surface area contributed by atoms with Crippen molar-refractivity contribution in [2.24, 2.45) is 0 Å². The topological polar surface area (TPSA) is 58.6 Å². The molecule has 3 rings (SSSR count). The number of aryl methyl sites for hydroxylation is 1. The van der Waals surface area contributed by atoms with E-state index in [1.807, 2.05) is 0 Å². The molecule has 2 aliphatic rings. The third-order valence-corrected chi connectivity index (χ3v) is 6.19. The minimum atomic E-state index is -1.63. The van der Waals surface area contributed by atoms with Crippen LogP contribution in [-0.2, 0) is 16.6 Å². The summed E-state index contributed by atoms with van der Waals surface area (Å²) in [7, 11) is 0. The lowest BCUT2D eigenvalue weighted by Crippen LogP contribution is -2.54. The molecule has 2 aliphatic carbocycles. The average molecular weight is 421 g/mol. The minimum absolute atomic E-state index is 0.217. The zero-order chi connectivity index (χ0) is 18.8. The Balaban J connectivity index is 1.66. The Morgan fingerprint density at radius 3 is 2.58 bits per heavy atom. The second-order valence-electron chi connectivity index (χ2n) is 7.35. The van der Waals surface area contributed by atoms with E-state index >= 15 is 0 Å². The van der Waals surface area contributed by atoms with Gasteiger partial charge in [-0.2, -0.15) is 0 Å². The van der Waals surface area contributed by atoms with Crippen molar-refractivity contribution in [1.82, 2.24) is 5.32 Å². The summed E-state index contributed by atoms with van der Waals surface area (Å²) in [6, 6.07) is 8.44. The van der Waals surface area contributed by atoms with Crippen molar-refractivity contribution in [2.75, 3.05) is 13.2 Å². The smallest absolute Gasteiger partial charge is 0.407 e. The van der Waals surface area contributed by atoms with Gasteiger partial charge in [0.2, 0.25) is 3.79 Å². The molecule has 0 aromatic heterocycles. The number of rotatable bonds is 4. The monoisotopic (exact) mass is 419 g/mol. The van der Waals surface area contributed by atoms with E-state index in [4.69, 9.17) is 39.5 Å². The summed E-state index contributed by atoms with van der Waals surface area (Å²) in [5.41, 5.74) is 1.57. The lowest BCUT2D eigenvalue weighted by Gasteiger charge is -2.50. The zero-order valence-corrected chi connectivity index (χ0v) is 16.8. The maximum atomic E-state index is 11.8. The highest BCUT2D eigenvalue weighted by Gasteiger charge is 2.54. The van der Waals surface area contributed by atoms with Crippen LogP contribution in [0.1, 0.15) is 49.7 Å². The number of alkyl halides is 3. The Morgan fingerprint density at radius 2 is 1.88 bits per heavy atom. The summed E-state index contributed by atoms with van der Waals surface area (Å²) in [4.78, 5) is 11.8. The highest BCUT2D eigenvalue weighted by atomic mass is 35.6. The molecule has 1 fully saturated rings. The van der Waals surface area contributed by atoms with Crippen molar-refractivity contribution in [1.29, 1.82) is 0 Å². The molecule has 1 aromatic rings. The van der Waals surface area contributed by atoms with Gasteiger partial charge in [0.1, 0.15) is 6.61 Å². The number of carbonyl (C=O) groups is 1. The van der Waals surface area contributed by atoms with E-state index in [1.165, 1.54) is 11.1 Å². The van der Waals surface area contributed by atoms with Gasteiger partial charge in [-0.05, 0) is 43.2 Å². The average Bonchev–Trinajstić information content (AvgIpc) is 3.08. The molecule has 0 aliphatic heterocycles. The first-order valence-corrected chi connectivity index (χ1v) is 10.2. The van der Waals surface area contributed by atoms with Gasteiger partial charge < -0.3 is 15.2 Å². The number of aliphatic hydroxyl groups is 1. The second kappa shape index (κ2) is 7.75. The molecule has 0 radical (unpaired) electrons. The van der Waals surface area contributed by atoms with Crippen molar-refractivity contribution >= 4 is 40.9 Å². The lowest BCUT2D eigenvalue weighted by atomic mass is 9.58. The zero-order valence-electron chi connectivity index (χ0n) is 14.6. The molecule has 0 saturated heterocycles. The van der Waals surface area contributed by atoms with E-state index in [-0.39, 0.29) is 12.0 Å². The van der Waals surface area contributed by atoms with Crippen LogP contribution in [0.4, 0.5) is 4.79 Å². The van der Waals surface area contributed by atoms with Crippen molar-refractivity contribution in [2.45, 2.75) is 59.8 Å². The Bertz CT molecular complexity index is 656. The van der Waals surface area contributed by atoms with Gasteiger partial charge in [-0.3, -0.25) is 0 Å². The van der Waals surface area contributed by atoms with Gasteiger partial charge in [0.25, 0.3) is 0 Å². The summed E-state index contributed by atoms with van der Waals surface area (Å²) in [6.45, 7) is 0.00415. The van der Waals surface area contributed by atoms with E-state index in [0.29, 0.717) is 19.4 Å². The Kier molecular flexibility index (Phi) is 5.98. The minimum Gasteiger partial charge on any atom is -0.445 e. The van der Waals surface area contributed by atoms with E-state index < -0.39 is 15.5 Å². The molecule has 1 amide bonds.